The van der Waals surface area contributed by atoms with Crippen LogP contribution in [-0.4, -0.2) is 9.13 Å². The Labute approximate surface area is 361 Å². The number of benzene rings is 9. The maximum atomic E-state index is 2.52. The molecule has 9 aromatic carbocycles. The zero-order valence-electron chi connectivity index (χ0n) is 34.2. The van der Waals surface area contributed by atoms with Gasteiger partial charge in [0.1, 0.15) is 0 Å². The first-order valence-corrected chi connectivity index (χ1v) is 21.6. The molecule has 1 atom stereocenters. The Morgan fingerprint density at radius 2 is 0.823 bits per heavy atom. The molecular formula is C60H42N2. The van der Waals surface area contributed by atoms with Crippen molar-refractivity contribution >= 4 is 54.9 Å². The first-order valence-electron chi connectivity index (χ1n) is 21.6. The van der Waals surface area contributed by atoms with Crippen molar-refractivity contribution in [3.05, 3.63) is 248 Å². The Kier molecular flexibility index (Phi) is 8.67. The fraction of sp³-hybridized carbons (Fsp3) is 0.0333. The molecule has 11 aromatic rings. The normalized spacial score (nSPS) is 14.1. The van der Waals surface area contributed by atoms with Crippen LogP contribution in [0.2, 0.25) is 0 Å². The summed E-state index contributed by atoms with van der Waals surface area (Å²) in [6.45, 7) is 0. The standard InChI is InChI=1S/C60H42N2/c1-5-17-41(18-6-1)47-33-48(42-19-7-2-8-20-42)36-51(35-47)61-58-28-16-14-26-54(58)56-39-45(30-32-59(56)61)46-29-31-55-53-25-13-15-27-57(53)62(60(55)40-46)52-37-49(43-21-9-3-10-22-43)34-50(38-52)44-23-11-4-12-24-44/h1-35,37-40,48H,36H2. The van der Waals surface area contributed by atoms with Crippen LogP contribution in [0, 0.1) is 0 Å². The molecule has 0 bridgehead atoms. The van der Waals surface area contributed by atoms with Crippen LogP contribution in [0.25, 0.3) is 93.9 Å². The van der Waals surface area contributed by atoms with E-state index in [1.807, 2.05) is 0 Å². The van der Waals surface area contributed by atoms with Crippen molar-refractivity contribution in [3.8, 4) is 39.1 Å². The van der Waals surface area contributed by atoms with Gasteiger partial charge in [0.25, 0.3) is 0 Å². The van der Waals surface area contributed by atoms with Crippen molar-refractivity contribution in [2.75, 3.05) is 0 Å². The van der Waals surface area contributed by atoms with Gasteiger partial charge >= 0.3 is 0 Å². The van der Waals surface area contributed by atoms with E-state index in [0.717, 1.165) is 12.1 Å². The average Bonchev–Trinajstić information content (AvgIpc) is 3.87. The zero-order chi connectivity index (χ0) is 41.0. The van der Waals surface area contributed by atoms with E-state index >= 15 is 0 Å². The second-order valence-electron chi connectivity index (χ2n) is 16.5. The number of allylic oxidation sites excluding steroid dienone is 4. The second kappa shape index (κ2) is 15.0. The Bertz CT molecular complexity index is 3460. The highest BCUT2D eigenvalue weighted by atomic mass is 15.0. The van der Waals surface area contributed by atoms with Crippen molar-refractivity contribution in [2.45, 2.75) is 12.3 Å². The van der Waals surface area contributed by atoms with Gasteiger partial charge in [0, 0.05) is 38.8 Å². The molecule has 2 heterocycles. The maximum Gasteiger partial charge on any atom is 0.0547 e. The highest BCUT2D eigenvalue weighted by Crippen LogP contribution is 2.43. The van der Waals surface area contributed by atoms with E-state index in [4.69, 9.17) is 0 Å². The van der Waals surface area contributed by atoms with E-state index in [0.29, 0.717) is 0 Å². The van der Waals surface area contributed by atoms with Crippen LogP contribution < -0.4 is 0 Å². The Hall–Kier alpha value is -7.94. The van der Waals surface area contributed by atoms with Crippen LogP contribution >= 0.6 is 0 Å². The van der Waals surface area contributed by atoms with Gasteiger partial charge in [-0.25, -0.2) is 0 Å². The van der Waals surface area contributed by atoms with Crippen LogP contribution in [0.15, 0.2) is 237 Å². The highest BCUT2D eigenvalue weighted by Gasteiger charge is 2.23. The van der Waals surface area contributed by atoms with E-state index in [2.05, 4.69) is 246 Å². The minimum Gasteiger partial charge on any atom is -0.313 e. The lowest BCUT2D eigenvalue weighted by atomic mass is 9.85. The first kappa shape index (κ1) is 36.0. The molecule has 0 radical (unpaired) electrons. The third-order valence-electron chi connectivity index (χ3n) is 12.8. The van der Waals surface area contributed by atoms with E-state index in [-0.39, 0.29) is 5.92 Å². The Balaban J connectivity index is 1.03. The summed E-state index contributed by atoms with van der Waals surface area (Å²) >= 11 is 0. The molecule has 2 aromatic heterocycles. The van der Waals surface area contributed by atoms with Crippen molar-refractivity contribution in [3.63, 3.8) is 0 Å². The van der Waals surface area contributed by atoms with E-state index in [1.54, 1.807) is 0 Å². The fourth-order valence-corrected chi connectivity index (χ4v) is 9.89. The predicted octanol–water partition coefficient (Wildman–Crippen LogP) is 16.0. The Morgan fingerprint density at radius 1 is 0.323 bits per heavy atom. The lowest BCUT2D eigenvalue weighted by Gasteiger charge is -2.24. The molecule has 0 saturated carbocycles. The number of hydrogen-bond donors (Lipinski definition) is 0. The Morgan fingerprint density at radius 3 is 1.48 bits per heavy atom. The third-order valence-corrected chi connectivity index (χ3v) is 12.8. The quantitative estimate of drug-likeness (QED) is 0.152. The fourth-order valence-electron chi connectivity index (χ4n) is 9.89. The zero-order valence-corrected chi connectivity index (χ0v) is 34.2. The molecule has 1 aliphatic carbocycles. The largest absolute Gasteiger partial charge is 0.313 e. The molecule has 1 unspecified atom stereocenters. The third kappa shape index (κ3) is 6.19. The number of fused-ring (bicyclic) bond motifs is 6. The van der Waals surface area contributed by atoms with Crippen molar-refractivity contribution < 1.29 is 0 Å². The van der Waals surface area contributed by atoms with Gasteiger partial charge in [0.2, 0.25) is 0 Å². The number of rotatable bonds is 7. The van der Waals surface area contributed by atoms with Gasteiger partial charge in [-0.05, 0) is 111 Å². The number of hydrogen-bond acceptors (Lipinski definition) is 0. The molecule has 0 fully saturated rings. The number of nitrogens with zero attached hydrogens (tertiary/aromatic N) is 2. The van der Waals surface area contributed by atoms with Gasteiger partial charge in [0.05, 0.1) is 22.1 Å². The molecule has 0 saturated heterocycles. The van der Waals surface area contributed by atoms with Crippen molar-refractivity contribution in [2.24, 2.45) is 0 Å². The van der Waals surface area contributed by atoms with E-state index in [1.165, 1.54) is 99.4 Å². The molecule has 1 aliphatic rings. The summed E-state index contributed by atoms with van der Waals surface area (Å²) in [5.41, 5.74) is 18.3. The van der Waals surface area contributed by atoms with Crippen LogP contribution in [0.1, 0.15) is 23.5 Å². The average molecular weight is 791 g/mol. The van der Waals surface area contributed by atoms with Crippen molar-refractivity contribution in [1.82, 2.24) is 9.13 Å². The predicted molar refractivity (Wildman–Crippen MR) is 263 cm³/mol. The second-order valence-corrected chi connectivity index (χ2v) is 16.5. The molecule has 12 rings (SSSR count). The molecule has 2 nitrogen and oxygen atoms in total. The van der Waals surface area contributed by atoms with Gasteiger partial charge < -0.3 is 9.13 Å². The molecule has 0 N–H and O–H groups in total. The van der Waals surface area contributed by atoms with E-state index < -0.39 is 0 Å². The van der Waals surface area contributed by atoms with Crippen LogP contribution in [-0.2, 0) is 0 Å². The lowest BCUT2D eigenvalue weighted by Crippen LogP contribution is -2.08. The maximum absolute atomic E-state index is 2.52. The van der Waals surface area contributed by atoms with Gasteiger partial charge in [-0.1, -0.05) is 182 Å². The topological polar surface area (TPSA) is 9.86 Å². The number of para-hydroxylation sites is 2. The summed E-state index contributed by atoms with van der Waals surface area (Å²) in [6, 6.07) is 82.1. The van der Waals surface area contributed by atoms with Gasteiger partial charge in [-0.3, -0.25) is 0 Å². The van der Waals surface area contributed by atoms with Crippen LogP contribution in [0.3, 0.4) is 0 Å². The molecule has 292 valence electrons. The van der Waals surface area contributed by atoms with Crippen LogP contribution in [0.4, 0.5) is 0 Å². The van der Waals surface area contributed by atoms with Gasteiger partial charge in [0.15, 0.2) is 0 Å². The van der Waals surface area contributed by atoms with Gasteiger partial charge in [-0.15, -0.1) is 0 Å². The molecule has 0 aliphatic heterocycles. The summed E-state index contributed by atoms with van der Waals surface area (Å²) in [4.78, 5) is 0. The summed E-state index contributed by atoms with van der Waals surface area (Å²) in [5, 5.41) is 5.01. The monoisotopic (exact) mass is 790 g/mol. The van der Waals surface area contributed by atoms with Gasteiger partial charge in [-0.2, -0.15) is 0 Å². The highest BCUT2D eigenvalue weighted by molar-refractivity contribution is 6.13. The SMILES string of the molecule is C1=C(c2ccccc2)C=C(n2c3ccccc3c3cc(-c4ccc5c6ccccc6n(-c6cc(-c7ccccc7)cc(-c7ccccc7)c6)c5c4)ccc32)CC1c1ccccc1. The molecule has 62 heavy (non-hydrogen) atoms. The molecule has 0 amide bonds. The molecular weight excluding hydrogens is 749 g/mol. The van der Waals surface area contributed by atoms with Crippen molar-refractivity contribution in [1.29, 1.82) is 0 Å². The minimum absolute atomic E-state index is 0.262. The van der Waals surface area contributed by atoms with E-state index in [9.17, 15) is 0 Å². The van der Waals surface area contributed by atoms with Crippen LogP contribution in [0.5, 0.6) is 0 Å². The summed E-state index contributed by atoms with van der Waals surface area (Å²) in [5.74, 6) is 0.262. The molecule has 2 heteroatoms. The molecule has 0 spiro atoms. The lowest BCUT2D eigenvalue weighted by molar-refractivity contribution is 0.840. The first-order chi connectivity index (χ1) is 30.7. The summed E-state index contributed by atoms with van der Waals surface area (Å²) < 4.78 is 4.99. The smallest absolute Gasteiger partial charge is 0.0547 e. The number of aromatic nitrogens is 2. The minimum atomic E-state index is 0.262. The summed E-state index contributed by atoms with van der Waals surface area (Å²) in [6.07, 6.45) is 5.78. The summed E-state index contributed by atoms with van der Waals surface area (Å²) in [7, 11) is 0.